The van der Waals surface area contributed by atoms with Crippen molar-refractivity contribution in [2.45, 2.75) is 46.1 Å². The Morgan fingerprint density at radius 2 is 2.11 bits per heavy atom. The highest BCUT2D eigenvalue weighted by Crippen LogP contribution is 2.60. The largest absolute Gasteiger partial charge is 0.496 e. The average molecular weight is 260 g/mol. The molecule has 0 spiro atoms. The first-order valence-corrected chi connectivity index (χ1v) is 7.36. The lowest BCUT2D eigenvalue weighted by Crippen LogP contribution is -2.25. The van der Waals surface area contributed by atoms with Gasteiger partial charge in [0.2, 0.25) is 0 Å². The molecule has 0 amide bonds. The Morgan fingerprint density at radius 3 is 2.68 bits per heavy atom. The monoisotopic (exact) mass is 260 g/mol. The quantitative estimate of drug-likeness (QED) is 0.854. The van der Waals surface area contributed by atoms with Gasteiger partial charge in [-0.1, -0.05) is 0 Å². The predicted molar refractivity (Wildman–Crippen MR) is 76.4 cm³/mol. The minimum Gasteiger partial charge on any atom is -0.496 e. The molecule has 0 aliphatic heterocycles. The van der Waals surface area contributed by atoms with Crippen LogP contribution in [-0.2, 0) is 6.54 Å². The Labute approximate surface area is 115 Å². The third-order valence-electron chi connectivity index (χ3n) is 4.85. The van der Waals surface area contributed by atoms with Crippen molar-refractivity contribution in [2.24, 2.45) is 11.3 Å². The van der Waals surface area contributed by atoms with E-state index in [1.54, 1.807) is 7.11 Å². The molecule has 19 heavy (non-hydrogen) atoms. The summed E-state index contributed by atoms with van der Waals surface area (Å²) in [7, 11) is 1.73. The van der Waals surface area contributed by atoms with Crippen LogP contribution in [0.15, 0.2) is 6.20 Å². The minimum atomic E-state index is 0.655. The Morgan fingerprint density at radius 1 is 1.37 bits per heavy atom. The average Bonchev–Trinajstić information content (AvgIpc) is 3.26. The molecule has 2 saturated carbocycles. The molecule has 1 aromatic rings. The van der Waals surface area contributed by atoms with Crippen molar-refractivity contribution < 1.29 is 4.74 Å². The lowest BCUT2D eigenvalue weighted by atomic mass is 10.0. The summed E-state index contributed by atoms with van der Waals surface area (Å²) < 4.78 is 5.46. The van der Waals surface area contributed by atoms with E-state index in [0.717, 1.165) is 36.0 Å². The SMILES string of the molecule is COc1c(C)cnc(CNCC2(C3CC3)CC2)c1C. The molecule has 0 radical (unpaired) electrons. The summed E-state index contributed by atoms with van der Waals surface area (Å²) in [5.74, 6) is 2.00. The number of hydrogen-bond acceptors (Lipinski definition) is 3. The van der Waals surface area contributed by atoms with E-state index in [1.165, 1.54) is 31.2 Å². The predicted octanol–water partition coefficient (Wildman–Crippen LogP) is 2.99. The molecule has 0 saturated heterocycles. The number of pyridine rings is 1. The minimum absolute atomic E-state index is 0.655. The van der Waals surface area contributed by atoms with Gasteiger partial charge in [0.25, 0.3) is 0 Å². The van der Waals surface area contributed by atoms with Crippen molar-refractivity contribution in [1.82, 2.24) is 10.3 Å². The van der Waals surface area contributed by atoms with E-state index in [-0.39, 0.29) is 0 Å². The second-order valence-electron chi connectivity index (χ2n) is 6.29. The number of rotatable bonds is 6. The summed E-state index contributed by atoms with van der Waals surface area (Å²) in [6, 6.07) is 0. The maximum Gasteiger partial charge on any atom is 0.128 e. The smallest absolute Gasteiger partial charge is 0.128 e. The summed E-state index contributed by atoms with van der Waals surface area (Å²) in [6.07, 6.45) is 7.67. The molecule has 3 heteroatoms. The van der Waals surface area contributed by atoms with E-state index in [0.29, 0.717) is 5.41 Å². The summed E-state index contributed by atoms with van der Waals surface area (Å²) in [6.45, 7) is 6.16. The van der Waals surface area contributed by atoms with E-state index in [9.17, 15) is 0 Å². The summed E-state index contributed by atoms with van der Waals surface area (Å²) in [5, 5.41) is 3.62. The second-order valence-corrected chi connectivity index (χ2v) is 6.29. The van der Waals surface area contributed by atoms with Crippen LogP contribution in [0.1, 0.15) is 42.5 Å². The zero-order valence-corrected chi connectivity index (χ0v) is 12.3. The molecular formula is C16H24N2O. The fourth-order valence-electron chi connectivity index (χ4n) is 3.26. The molecular weight excluding hydrogens is 236 g/mol. The normalized spacial score (nSPS) is 20.4. The first kappa shape index (κ1) is 12.9. The zero-order chi connectivity index (χ0) is 13.5. The van der Waals surface area contributed by atoms with Crippen molar-refractivity contribution >= 4 is 0 Å². The van der Waals surface area contributed by atoms with Crippen LogP contribution in [-0.4, -0.2) is 18.6 Å². The van der Waals surface area contributed by atoms with Crippen LogP contribution in [0.4, 0.5) is 0 Å². The van der Waals surface area contributed by atoms with Gasteiger partial charge in [0, 0.05) is 30.4 Å². The van der Waals surface area contributed by atoms with Gasteiger partial charge in [-0.3, -0.25) is 4.98 Å². The highest BCUT2D eigenvalue weighted by atomic mass is 16.5. The number of methoxy groups -OCH3 is 1. The maximum absolute atomic E-state index is 5.46. The van der Waals surface area contributed by atoms with E-state index in [1.807, 2.05) is 13.1 Å². The van der Waals surface area contributed by atoms with Crippen molar-refractivity contribution in [3.8, 4) is 5.75 Å². The van der Waals surface area contributed by atoms with E-state index in [4.69, 9.17) is 4.74 Å². The lowest BCUT2D eigenvalue weighted by molar-refractivity contribution is 0.397. The van der Waals surface area contributed by atoms with Crippen LogP contribution in [0.3, 0.4) is 0 Å². The molecule has 1 N–H and O–H groups in total. The third kappa shape index (κ3) is 2.48. The standard InChI is InChI=1S/C16H24N2O/c1-11-8-18-14(12(2)15(11)19-3)9-17-10-16(6-7-16)13-4-5-13/h8,13,17H,4-7,9-10H2,1-3H3. The first-order valence-electron chi connectivity index (χ1n) is 7.36. The summed E-state index contributed by atoms with van der Waals surface area (Å²) >= 11 is 0. The molecule has 2 fully saturated rings. The van der Waals surface area contributed by atoms with Gasteiger partial charge in [-0.2, -0.15) is 0 Å². The number of aryl methyl sites for hydroxylation is 1. The van der Waals surface area contributed by atoms with Crippen LogP contribution in [0.2, 0.25) is 0 Å². The molecule has 0 bridgehead atoms. The Balaban J connectivity index is 1.61. The van der Waals surface area contributed by atoms with E-state index < -0.39 is 0 Å². The van der Waals surface area contributed by atoms with E-state index >= 15 is 0 Å². The number of aromatic nitrogens is 1. The van der Waals surface area contributed by atoms with Crippen molar-refractivity contribution in [1.29, 1.82) is 0 Å². The fraction of sp³-hybridized carbons (Fsp3) is 0.688. The molecule has 3 rings (SSSR count). The molecule has 3 nitrogen and oxygen atoms in total. The van der Waals surface area contributed by atoms with Gasteiger partial charge in [-0.05, 0) is 50.9 Å². The van der Waals surface area contributed by atoms with Gasteiger partial charge >= 0.3 is 0 Å². The molecule has 1 heterocycles. The summed E-state index contributed by atoms with van der Waals surface area (Å²) in [4.78, 5) is 4.54. The van der Waals surface area contributed by atoms with Crippen molar-refractivity contribution in [2.75, 3.05) is 13.7 Å². The van der Waals surface area contributed by atoms with E-state index in [2.05, 4.69) is 17.2 Å². The third-order valence-corrected chi connectivity index (χ3v) is 4.85. The van der Waals surface area contributed by atoms with Gasteiger partial charge in [0.1, 0.15) is 5.75 Å². The van der Waals surface area contributed by atoms with Crippen LogP contribution < -0.4 is 10.1 Å². The molecule has 0 unspecified atom stereocenters. The maximum atomic E-state index is 5.46. The fourth-order valence-corrected chi connectivity index (χ4v) is 3.26. The second kappa shape index (κ2) is 4.78. The molecule has 1 aromatic heterocycles. The zero-order valence-electron chi connectivity index (χ0n) is 12.3. The molecule has 2 aliphatic rings. The van der Waals surface area contributed by atoms with Gasteiger partial charge in [0.15, 0.2) is 0 Å². The number of nitrogens with one attached hydrogen (secondary N) is 1. The Hall–Kier alpha value is -1.09. The number of nitrogens with zero attached hydrogens (tertiary/aromatic N) is 1. The molecule has 2 aliphatic carbocycles. The summed E-state index contributed by atoms with van der Waals surface area (Å²) in [5.41, 5.74) is 4.06. The highest BCUT2D eigenvalue weighted by molar-refractivity contribution is 5.41. The number of ether oxygens (including phenoxy) is 1. The topological polar surface area (TPSA) is 34.1 Å². The Kier molecular flexibility index (Phi) is 3.25. The van der Waals surface area contributed by atoms with Crippen LogP contribution in [0.5, 0.6) is 5.75 Å². The van der Waals surface area contributed by atoms with Gasteiger partial charge < -0.3 is 10.1 Å². The van der Waals surface area contributed by atoms with Crippen LogP contribution in [0.25, 0.3) is 0 Å². The molecule has 104 valence electrons. The van der Waals surface area contributed by atoms with Crippen molar-refractivity contribution in [3.05, 3.63) is 23.0 Å². The van der Waals surface area contributed by atoms with Crippen LogP contribution >= 0.6 is 0 Å². The molecule has 0 atom stereocenters. The first-order chi connectivity index (χ1) is 9.16. The Bertz CT molecular complexity index is 476. The van der Waals surface area contributed by atoms with Crippen LogP contribution in [0, 0.1) is 25.2 Å². The molecule has 0 aromatic carbocycles. The van der Waals surface area contributed by atoms with Gasteiger partial charge in [-0.25, -0.2) is 0 Å². The van der Waals surface area contributed by atoms with Crippen molar-refractivity contribution in [3.63, 3.8) is 0 Å². The van der Waals surface area contributed by atoms with Gasteiger partial charge in [-0.15, -0.1) is 0 Å². The highest BCUT2D eigenvalue weighted by Gasteiger charge is 2.53. The van der Waals surface area contributed by atoms with Gasteiger partial charge in [0.05, 0.1) is 12.8 Å². The number of hydrogen-bond donors (Lipinski definition) is 1. The lowest BCUT2D eigenvalue weighted by Gasteiger charge is -2.16.